The Morgan fingerprint density at radius 3 is 2.47 bits per heavy atom. The van der Waals surface area contributed by atoms with Gasteiger partial charge in [-0.1, -0.05) is 0 Å². The lowest BCUT2D eigenvalue weighted by atomic mass is 9.95. The lowest BCUT2D eigenvalue weighted by molar-refractivity contribution is -0.154. The number of alkyl halides is 3. The Kier molecular flexibility index (Phi) is 3.07. The summed E-state index contributed by atoms with van der Waals surface area (Å²) >= 11 is 0. The molecule has 0 unspecified atom stereocenters. The number of hydrogen-bond donors (Lipinski definition) is 1. The molecule has 2 rings (SSSR count). The monoisotopic (exact) mass is 249 g/mol. The van der Waals surface area contributed by atoms with Gasteiger partial charge in [-0.05, 0) is 38.9 Å². The molecule has 17 heavy (non-hydrogen) atoms. The lowest BCUT2D eigenvalue weighted by Gasteiger charge is -2.33. The van der Waals surface area contributed by atoms with Crippen LogP contribution in [0.2, 0.25) is 0 Å². The Morgan fingerprint density at radius 2 is 1.94 bits per heavy atom. The SMILES string of the molecule is CC1(Oc2ccc(C(F)(F)F)o2)CCNCC1. The van der Waals surface area contributed by atoms with Crippen LogP contribution in [0.25, 0.3) is 0 Å². The third-order valence-corrected chi connectivity index (χ3v) is 2.87. The van der Waals surface area contributed by atoms with Crippen molar-refractivity contribution < 1.29 is 22.3 Å². The Labute approximate surface area is 96.9 Å². The predicted molar refractivity (Wildman–Crippen MR) is 54.8 cm³/mol. The molecule has 96 valence electrons. The number of halogens is 3. The second-order valence-corrected chi connectivity index (χ2v) is 4.42. The summed E-state index contributed by atoms with van der Waals surface area (Å²) in [6.07, 6.45) is -2.97. The molecule has 0 atom stereocenters. The van der Waals surface area contributed by atoms with Crippen molar-refractivity contribution in [2.24, 2.45) is 0 Å². The Hall–Kier alpha value is -1.17. The summed E-state index contributed by atoms with van der Waals surface area (Å²) in [5.41, 5.74) is -0.452. The molecule has 1 aromatic heterocycles. The number of nitrogens with one attached hydrogen (secondary N) is 1. The smallest absolute Gasteiger partial charge is 0.449 e. The van der Waals surface area contributed by atoms with Crippen LogP contribution in [0.4, 0.5) is 13.2 Å². The van der Waals surface area contributed by atoms with Crippen molar-refractivity contribution >= 4 is 0 Å². The summed E-state index contributed by atoms with van der Waals surface area (Å²) in [6, 6.07) is 2.11. The van der Waals surface area contributed by atoms with Gasteiger partial charge in [0, 0.05) is 6.07 Å². The summed E-state index contributed by atoms with van der Waals surface area (Å²) in [7, 11) is 0. The maximum Gasteiger partial charge on any atom is 0.449 e. The van der Waals surface area contributed by atoms with Crippen molar-refractivity contribution in [3.8, 4) is 5.95 Å². The van der Waals surface area contributed by atoms with E-state index in [-0.39, 0.29) is 5.95 Å². The van der Waals surface area contributed by atoms with Crippen LogP contribution in [0.3, 0.4) is 0 Å². The van der Waals surface area contributed by atoms with Gasteiger partial charge in [-0.25, -0.2) is 0 Å². The molecule has 1 aromatic rings. The summed E-state index contributed by atoms with van der Waals surface area (Å²) < 4.78 is 47.1. The highest BCUT2D eigenvalue weighted by atomic mass is 19.4. The van der Waals surface area contributed by atoms with E-state index in [0.29, 0.717) is 0 Å². The van der Waals surface area contributed by atoms with Gasteiger partial charge in [-0.15, -0.1) is 0 Å². The molecule has 1 N–H and O–H groups in total. The van der Waals surface area contributed by atoms with Crippen LogP contribution in [-0.4, -0.2) is 18.7 Å². The Balaban J connectivity index is 2.06. The maximum absolute atomic E-state index is 12.3. The van der Waals surface area contributed by atoms with E-state index in [4.69, 9.17) is 4.74 Å². The number of rotatable bonds is 2. The van der Waals surface area contributed by atoms with Gasteiger partial charge < -0.3 is 14.5 Å². The van der Waals surface area contributed by atoms with Gasteiger partial charge in [0.25, 0.3) is 5.95 Å². The maximum atomic E-state index is 12.3. The number of ether oxygens (including phenoxy) is 1. The minimum atomic E-state index is -4.46. The molecule has 1 aliphatic heterocycles. The fourth-order valence-corrected chi connectivity index (χ4v) is 1.83. The predicted octanol–water partition coefficient (Wildman–Crippen LogP) is 2.82. The first-order valence-electron chi connectivity index (χ1n) is 5.46. The third kappa shape index (κ3) is 2.94. The van der Waals surface area contributed by atoms with Crippen molar-refractivity contribution in [3.63, 3.8) is 0 Å². The van der Waals surface area contributed by atoms with Crippen LogP contribution in [0.5, 0.6) is 5.95 Å². The summed E-state index contributed by atoms with van der Waals surface area (Å²) in [6.45, 7) is 3.47. The largest absolute Gasteiger partial charge is 0.459 e. The normalized spacial score (nSPS) is 20.2. The molecule has 0 spiro atoms. The number of piperidine rings is 1. The molecule has 2 heterocycles. The number of hydrogen-bond acceptors (Lipinski definition) is 3. The second kappa shape index (κ2) is 4.25. The van der Waals surface area contributed by atoms with E-state index in [1.54, 1.807) is 0 Å². The van der Waals surface area contributed by atoms with Crippen molar-refractivity contribution in [2.45, 2.75) is 31.5 Å². The molecule has 3 nitrogen and oxygen atoms in total. The van der Waals surface area contributed by atoms with Crippen LogP contribution < -0.4 is 10.1 Å². The molecule has 0 radical (unpaired) electrons. The summed E-state index contributed by atoms with van der Waals surface area (Å²) in [5.74, 6) is -1.09. The Morgan fingerprint density at radius 1 is 1.29 bits per heavy atom. The molecule has 1 saturated heterocycles. The van der Waals surface area contributed by atoms with E-state index in [2.05, 4.69) is 9.73 Å². The zero-order chi connectivity index (χ0) is 12.5. The van der Waals surface area contributed by atoms with Gasteiger partial charge in [0.1, 0.15) is 5.60 Å². The zero-order valence-corrected chi connectivity index (χ0v) is 9.43. The summed E-state index contributed by atoms with van der Waals surface area (Å²) in [4.78, 5) is 0. The van der Waals surface area contributed by atoms with Gasteiger partial charge in [0.05, 0.1) is 0 Å². The third-order valence-electron chi connectivity index (χ3n) is 2.87. The molecular formula is C11H14F3NO2. The second-order valence-electron chi connectivity index (χ2n) is 4.42. The van der Waals surface area contributed by atoms with E-state index in [9.17, 15) is 13.2 Å². The van der Waals surface area contributed by atoms with E-state index < -0.39 is 17.5 Å². The van der Waals surface area contributed by atoms with Crippen molar-refractivity contribution in [1.29, 1.82) is 0 Å². The average molecular weight is 249 g/mol. The topological polar surface area (TPSA) is 34.4 Å². The molecule has 1 fully saturated rings. The summed E-state index contributed by atoms with van der Waals surface area (Å²) in [5, 5.41) is 3.16. The zero-order valence-electron chi connectivity index (χ0n) is 9.43. The van der Waals surface area contributed by atoms with Crippen molar-refractivity contribution in [1.82, 2.24) is 5.32 Å². The fourth-order valence-electron chi connectivity index (χ4n) is 1.83. The molecule has 0 aromatic carbocycles. The highest BCUT2D eigenvalue weighted by molar-refractivity contribution is 5.15. The molecular weight excluding hydrogens is 235 g/mol. The molecule has 6 heteroatoms. The van der Waals surface area contributed by atoms with Crippen LogP contribution in [-0.2, 0) is 6.18 Å². The van der Waals surface area contributed by atoms with Crippen LogP contribution in [0, 0.1) is 0 Å². The minimum absolute atomic E-state index is 0.0678. The van der Waals surface area contributed by atoms with Crippen LogP contribution in [0.15, 0.2) is 16.5 Å². The first-order valence-corrected chi connectivity index (χ1v) is 5.46. The van der Waals surface area contributed by atoms with Crippen LogP contribution in [0.1, 0.15) is 25.5 Å². The average Bonchev–Trinajstić information content (AvgIpc) is 2.66. The van der Waals surface area contributed by atoms with Gasteiger partial charge in [0.2, 0.25) is 5.76 Å². The van der Waals surface area contributed by atoms with E-state index in [0.717, 1.165) is 32.0 Å². The fraction of sp³-hybridized carbons (Fsp3) is 0.636. The van der Waals surface area contributed by atoms with Gasteiger partial charge >= 0.3 is 6.18 Å². The molecule has 0 saturated carbocycles. The van der Waals surface area contributed by atoms with Crippen LogP contribution >= 0.6 is 0 Å². The van der Waals surface area contributed by atoms with E-state index in [1.807, 2.05) is 6.92 Å². The van der Waals surface area contributed by atoms with E-state index >= 15 is 0 Å². The van der Waals surface area contributed by atoms with Gasteiger partial charge in [-0.2, -0.15) is 13.2 Å². The van der Waals surface area contributed by atoms with Crippen molar-refractivity contribution in [3.05, 3.63) is 17.9 Å². The number of furan rings is 1. The molecule has 1 aliphatic rings. The first kappa shape index (κ1) is 12.3. The van der Waals surface area contributed by atoms with Crippen molar-refractivity contribution in [2.75, 3.05) is 13.1 Å². The Bertz CT molecular complexity index is 380. The highest BCUT2D eigenvalue weighted by Gasteiger charge is 2.36. The first-order chi connectivity index (χ1) is 7.89. The van der Waals surface area contributed by atoms with E-state index in [1.165, 1.54) is 6.07 Å². The molecule has 0 bridgehead atoms. The van der Waals surface area contributed by atoms with Gasteiger partial charge in [0.15, 0.2) is 0 Å². The quantitative estimate of drug-likeness (QED) is 0.875. The minimum Gasteiger partial charge on any atom is -0.459 e. The highest BCUT2D eigenvalue weighted by Crippen LogP contribution is 2.35. The standard InChI is InChI=1S/C11H14F3NO2/c1-10(4-6-15-7-5-10)17-9-3-2-8(16-9)11(12,13)14/h2-3,15H,4-7H2,1H3. The lowest BCUT2D eigenvalue weighted by Crippen LogP contribution is -2.43. The molecule has 0 amide bonds. The van der Waals surface area contributed by atoms with Gasteiger partial charge in [-0.3, -0.25) is 0 Å². The molecule has 0 aliphatic carbocycles.